The molecule has 0 spiro atoms. The molecule has 0 atom stereocenters. The highest BCUT2D eigenvalue weighted by Gasteiger charge is 2.38. The van der Waals surface area contributed by atoms with Crippen molar-refractivity contribution in [3.05, 3.63) is 10.4 Å². The van der Waals surface area contributed by atoms with Crippen molar-refractivity contribution < 1.29 is 4.79 Å². The maximum Gasteiger partial charge on any atom is 0.178 e. The molecular weight excluding hydrogens is 282 g/mol. The lowest BCUT2D eigenvalue weighted by Gasteiger charge is -2.21. The van der Waals surface area contributed by atoms with Gasteiger partial charge in [-0.15, -0.1) is 11.3 Å². The highest BCUT2D eigenvalue weighted by molar-refractivity contribution is 7.19. The molecule has 0 radical (unpaired) electrons. The Morgan fingerprint density at radius 1 is 1.19 bits per heavy atom. The first-order valence-corrected chi connectivity index (χ1v) is 8.63. The summed E-state index contributed by atoms with van der Waals surface area (Å²) in [5.74, 6) is 1.11. The fourth-order valence-corrected chi connectivity index (χ4v) is 3.97. The summed E-state index contributed by atoms with van der Waals surface area (Å²) in [6.45, 7) is 1.97. The Morgan fingerprint density at radius 2 is 1.86 bits per heavy atom. The molecule has 0 saturated heterocycles. The van der Waals surface area contributed by atoms with E-state index < -0.39 is 0 Å². The fraction of sp³-hybridized carbons (Fsp3) is 0.688. The van der Waals surface area contributed by atoms with Gasteiger partial charge >= 0.3 is 0 Å². The minimum atomic E-state index is 0.248. The second kappa shape index (κ2) is 5.61. The molecule has 21 heavy (non-hydrogen) atoms. The molecule has 1 aromatic heterocycles. The van der Waals surface area contributed by atoms with E-state index in [4.69, 9.17) is 5.73 Å². The molecule has 116 valence electrons. The molecule has 0 aromatic carbocycles. The van der Waals surface area contributed by atoms with Crippen LogP contribution in [-0.2, 0) is 0 Å². The van der Waals surface area contributed by atoms with Crippen LogP contribution in [0.2, 0.25) is 0 Å². The minimum Gasteiger partial charge on any atom is -0.397 e. The summed E-state index contributed by atoms with van der Waals surface area (Å²) < 4.78 is 0. The summed E-state index contributed by atoms with van der Waals surface area (Å²) >= 11 is 1.62. The Hall–Kier alpha value is -1.07. The molecule has 2 aliphatic rings. The van der Waals surface area contributed by atoms with E-state index in [2.05, 4.69) is 30.9 Å². The first-order valence-electron chi connectivity index (χ1n) is 7.81. The summed E-state index contributed by atoms with van der Waals surface area (Å²) in [5.41, 5.74) is 8.40. The number of carbonyl (C=O) groups is 1. The van der Waals surface area contributed by atoms with Gasteiger partial charge in [-0.05, 0) is 45.7 Å². The zero-order valence-electron chi connectivity index (χ0n) is 13.2. The van der Waals surface area contributed by atoms with E-state index in [-0.39, 0.29) is 11.7 Å². The third-order valence-corrected chi connectivity index (χ3v) is 5.70. The van der Waals surface area contributed by atoms with Crippen molar-refractivity contribution in [1.29, 1.82) is 0 Å². The molecule has 2 aliphatic carbocycles. The van der Waals surface area contributed by atoms with Crippen LogP contribution < -0.4 is 10.6 Å². The standard InChI is InChI=1S/C16H25N3OS/c1-18(2)8-9-19(3)16-12(10-4-5-10)13(17)15(21-16)14(20)11-6-7-11/h10-11H,4-9,17H2,1-3H3. The molecule has 2 N–H and O–H groups in total. The molecule has 5 heteroatoms. The summed E-state index contributed by atoms with van der Waals surface area (Å²) in [7, 11) is 6.28. The van der Waals surface area contributed by atoms with Gasteiger partial charge in [-0.1, -0.05) is 0 Å². The monoisotopic (exact) mass is 307 g/mol. The number of carbonyl (C=O) groups excluding carboxylic acids is 1. The molecule has 2 saturated carbocycles. The number of nitrogen functional groups attached to an aromatic ring is 1. The molecule has 4 nitrogen and oxygen atoms in total. The van der Waals surface area contributed by atoms with Gasteiger partial charge < -0.3 is 15.5 Å². The van der Waals surface area contributed by atoms with E-state index in [0.717, 1.165) is 36.5 Å². The number of nitrogens with zero attached hydrogens (tertiary/aromatic N) is 2. The van der Waals surface area contributed by atoms with Crippen molar-refractivity contribution in [1.82, 2.24) is 4.90 Å². The van der Waals surface area contributed by atoms with Crippen molar-refractivity contribution in [3.8, 4) is 0 Å². The number of nitrogens with two attached hydrogens (primary N) is 1. The third-order valence-electron chi connectivity index (χ3n) is 4.35. The number of hydrogen-bond donors (Lipinski definition) is 1. The van der Waals surface area contributed by atoms with Crippen LogP contribution in [0.25, 0.3) is 0 Å². The van der Waals surface area contributed by atoms with Crippen LogP contribution in [0.15, 0.2) is 0 Å². The lowest BCUT2D eigenvalue weighted by Crippen LogP contribution is -2.28. The summed E-state index contributed by atoms with van der Waals surface area (Å²) in [6, 6.07) is 0. The zero-order valence-corrected chi connectivity index (χ0v) is 14.0. The third kappa shape index (κ3) is 3.09. The quantitative estimate of drug-likeness (QED) is 0.787. The summed E-state index contributed by atoms with van der Waals surface area (Å²) in [5, 5.41) is 1.22. The van der Waals surface area contributed by atoms with Crippen LogP contribution in [0.4, 0.5) is 10.7 Å². The van der Waals surface area contributed by atoms with Crippen LogP contribution in [0.3, 0.4) is 0 Å². The molecule has 2 fully saturated rings. The average Bonchev–Trinajstić information content (AvgIpc) is 3.33. The van der Waals surface area contributed by atoms with E-state index in [1.807, 2.05) is 0 Å². The van der Waals surface area contributed by atoms with Crippen LogP contribution in [0.1, 0.15) is 46.8 Å². The summed E-state index contributed by atoms with van der Waals surface area (Å²) in [6.07, 6.45) is 4.51. The highest BCUT2D eigenvalue weighted by Crippen LogP contribution is 2.52. The van der Waals surface area contributed by atoms with Gasteiger partial charge in [0.05, 0.1) is 15.6 Å². The van der Waals surface area contributed by atoms with Gasteiger partial charge in [0.2, 0.25) is 0 Å². The molecule has 0 bridgehead atoms. The number of Topliss-reactive ketones (excluding diaryl/α,β-unsaturated/α-hetero) is 1. The lowest BCUT2D eigenvalue weighted by molar-refractivity contribution is 0.0972. The highest BCUT2D eigenvalue weighted by atomic mass is 32.1. The second-order valence-electron chi connectivity index (χ2n) is 6.70. The van der Waals surface area contributed by atoms with Crippen molar-refractivity contribution in [3.63, 3.8) is 0 Å². The Morgan fingerprint density at radius 3 is 2.38 bits per heavy atom. The smallest absolute Gasteiger partial charge is 0.178 e. The number of hydrogen-bond acceptors (Lipinski definition) is 5. The van der Waals surface area contributed by atoms with E-state index in [0.29, 0.717) is 5.92 Å². The van der Waals surface area contributed by atoms with Crippen LogP contribution in [0.5, 0.6) is 0 Å². The normalized spacial score (nSPS) is 18.3. The van der Waals surface area contributed by atoms with E-state index in [1.54, 1.807) is 11.3 Å². The number of rotatable bonds is 7. The van der Waals surface area contributed by atoms with Crippen molar-refractivity contribution in [2.24, 2.45) is 5.92 Å². The largest absolute Gasteiger partial charge is 0.397 e. The van der Waals surface area contributed by atoms with Crippen molar-refractivity contribution in [2.75, 3.05) is 44.9 Å². The van der Waals surface area contributed by atoms with Gasteiger partial charge in [0.1, 0.15) is 0 Å². The zero-order chi connectivity index (χ0) is 15.1. The van der Waals surface area contributed by atoms with Crippen LogP contribution in [-0.4, -0.2) is 44.9 Å². The van der Waals surface area contributed by atoms with Crippen LogP contribution >= 0.6 is 11.3 Å². The average molecular weight is 307 g/mol. The van der Waals surface area contributed by atoms with E-state index in [9.17, 15) is 4.79 Å². The molecule has 0 unspecified atom stereocenters. The lowest BCUT2D eigenvalue weighted by atomic mass is 10.1. The number of ketones is 1. The van der Waals surface area contributed by atoms with Crippen LogP contribution in [0, 0.1) is 5.92 Å². The Bertz CT molecular complexity index is 544. The van der Waals surface area contributed by atoms with Crippen molar-refractivity contribution in [2.45, 2.75) is 31.6 Å². The number of thiophene rings is 1. The molecule has 0 aliphatic heterocycles. The van der Waals surface area contributed by atoms with Gasteiger partial charge in [-0.3, -0.25) is 4.79 Å². The topological polar surface area (TPSA) is 49.6 Å². The first kappa shape index (κ1) is 14.9. The number of anilines is 2. The van der Waals surface area contributed by atoms with Gasteiger partial charge in [0.15, 0.2) is 5.78 Å². The SMILES string of the molecule is CN(C)CCN(C)c1sc(C(=O)C2CC2)c(N)c1C1CC1. The minimum absolute atomic E-state index is 0.248. The first-order chi connectivity index (χ1) is 9.99. The van der Waals surface area contributed by atoms with Gasteiger partial charge in [-0.2, -0.15) is 0 Å². The maximum atomic E-state index is 12.4. The molecule has 0 amide bonds. The predicted molar refractivity (Wildman–Crippen MR) is 89.6 cm³/mol. The molecule has 3 rings (SSSR count). The molecular formula is C16H25N3OS. The maximum absolute atomic E-state index is 12.4. The fourth-order valence-electron chi connectivity index (χ4n) is 2.66. The van der Waals surface area contributed by atoms with Gasteiger partial charge in [0.25, 0.3) is 0 Å². The Labute approximate surface area is 130 Å². The number of likely N-dealkylation sites (N-methyl/N-ethyl adjacent to an activating group) is 2. The van der Waals surface area contributed by atoms with E-state index in [1.165, 1.54) is 23.4 Å². The Balaban J connectivity index is 1.87. The predicted octanol–water partition coefficient (Wildman–Crippen LogP) is 2.80. The van der Waals surface area contributed by atoms with Gasteiger partial charge in [-0.25, -0.2) is 0 Å². The summed E-state index contributed by atoms with van der Waals surface area (Å²) in [4.78, 5) is 17.7. The molecule has 1 aromatic rings. The van der Waals surface area contributed by atoms with Gasteiger partial charge in [0, 0.05) is 31.6 Å². The Kier molecular flexibility index (Phi) is 3.97. The van der Waals surface area contributed by atoms with E-state index >= 15 is 0 Å². The molecule has 1 heterocycles. The second-order valence-corrected chi connectivity index (χ2v) is 7.70. The van der Waals surface area contributed by atoms with Crippen molar-refractivity contribution >= 4 is 27.8 Å².